The summed E-state index contributed by atoms with van der Waals surface area (Å²) in [5.74, 6) is -0.821. The van der Waals surface area contributed by atoms with Gasteiger partial charge in [0, 0.05) is 6.42 Å². The lowest BCUT2D eigenvalue weighted by Gasteiger charge is -2.15. The fourth-order valence-corrected chi connectivity index (χ4v) is 1.25. The molecule has 0 spiro atoms. The fraction of sp³-hybridized carbons (Fsp3) is 0.364. The summed E-state index contributed by atoms with van der Waals surface area (Å²) in [5.41, 5.74) is 0.855. The third-order valence-corrected chi connectivity index (χ3v) is 2.09. The normalized spacial score (nSPS) is 14.3. The summed E-state index contributed by atoms with van der Waals surface area (Å²) >= 11 is 0. The zero-order valence-electron chi connectivity index (χ0n) is 8.46. The molecule has 0 bridgehead atoms. The highest BCUT2D eigenvalue weighted by Crippen LogP contribution is 2.06. The molecule has 0 aliphatic carbocycles. The molecule has 4 nitrogen and oxygen atoms in total. The summed E-state index contributed by atoms with van der Waals surface area (Å²) in [6, 6.07) is 9.13. The van der Waals surface area contributed by atoms with Gasteiger partial charge in [0.2, 0.25) is 0 Å². The number of esters is 1. The van der Waals surface area contributed by atoms with Crippen molar-refractivity contribution in [3.05, 3.63) is 35.9 Å². The Balaban J connectivity index is 2.56. The number of carbonyl (C=O) groups excluding carboxylic acids is 1. The third-order valence-electron chi connectivity index (χ3n) is 2.09. The van der Waals surface area contributed by atoms with Gasteiger partial charge < -0.3 is 14.9 Å². The molecular formula is C11H14O4. The van der Waals surface area contributed by atoms with E-state index in [0.29, 0.717) is 0 Å². The van der Waals surface area contributed by atoms with Gasteiger partial charge in [0.25, 0.3) is 0 Å². The van der Waals surface area contributed by atoms with E-state index in [1.807, 2.05) is 30.3 Å². The molecule has 0 unspecified atom stereocenters. The number of aliphatic hydroxyl groups excluding tert-OH is 2. The summed E-state index contributed by atoms with van der Waals surface area (Å²) in [6.45, 7) is 0. The number of ether oxygens (including phenoxy) is 1. The number of rotatable bonds is 4. The zero-order chi connectivity index (χ0) is 11.3. The molecule has 1 aromatic carbocycles. The van der Waals surface area contributed by atoms with Crippen molar-refractivity contribution in [3.63, 3.8) is 0 Å². The van der Waals surface area contributed by atoms with Gasteiger partial charge >= 0.3 is 5.97 Å². The Morgan fingerprint density at radius 3 is 2.47 bits per heavy atom. The minimum atomic E-state index is -1.49. The molecule has 0 heterocycles. The standard InChI is InChI=1S/C11H14O4/c1-15-11(14)10(13)9(12)7-8-5-3-2-4-6-8/h2-6,9-10,12-13H,7H2,1H3/t9-,10-/m1/s1. The molecule has 1 rings (SSSR count). The van der Waals surface area contributed by atoms with Crippen molar-refractivity contribution in [2.75, 3.05) is 7.11 Å². The lowest BCUT2D eigenvalue weighted by Crippen LogP contribution is -2.36. The number of aliphatic hydroxyl groups is 2. The van der Waals surface area contributed by atoms with E-state index in [2.05, 4.69) is 4.74 Å². The van der Waals surface area contributed by atoms with Crippen LogP contribution < -0.4 is 0 Å². The highest BCUT2D eigenvalue weighted by atomic mass is 16.5. The van der Waals surface area contributed by atoms with Crippen LogP contribution in [0.3, 0.4) is 0 Å². The monoisotopic (exact) mass is 210 g/mol. The van der Waals surface area contributed by atoms with Gasteiger partial charge in [0.1, 0.15) is 0 Å². The molecule has 1 aromatic rings. The van der Waals surface area contributed by atoms with E-state index >= 15 is 0 Å². The Labute approximate surface area is 88.1 Å². The number of hydrogen-bond acceptors (Lipinski definition) is 4. The van der Waals surface area contributed by atoms with E-state index in [1.54, 1.807) is 0 Å². The van der Waals surface area contributed by atoms with Crippen molar-refractivity contribution in [1.82, 2.24) is 0 Å². The molecule has 0 fully saturated rings. The van der Waals surface area contributed by atoms with E-state index in [0.717, 1.165) is 5.56 Å². The number of carbonyl (C=O) groups is 1. The second kappa shape index (κ2) is 5.48. The van der Waals surface area contributed by atoms with Crippen LogP contribution in [0.1, 0.15) is 5.56 Å². The molecule has 2 N–H and O–H groups in total. The zero-order valence-corrected chi connectivity index (χ0v) is 8.46. The van der Waals surface area contributed by atoms with Crippen LogP contribution in [0.25, 0.3) is 0 Å². The van der Waals surface area contributed by atoms with Crippen LogP contribution in [0.4, 0.5) is 0 Å². The first-order valence-electron chi connectivity index (χ1n) is 4.63. The van der Waals surface area contributed by atoms with Crippen LogP contribution in [0.5, 0.6) is 0 Å². The average Bonchev–Trinajstić information content (AvgIpc) is 2.28. The van der Waals surface area contributed by atoms with E-state index in [-0.39, 0.29) is 6.42 Å². The Kier molecular flexibility index (Phi) is 4.27. The summed E-state index contributed by atoms with van der Waals surface area (Å²) in [4.78, 5) is 10.9. The first-order chi connectivity index (χ1) is 7.15. The number of benzene rings is 1. The Morgan fingerprint density at radius 2 is 1.93 bits per heavy atom. The van der Waals surface area contributed by atoms with Gasteiger partial charge in [0.15, 0.2) is 6.10 Å². The molecule has 15 heavy (non-hydrogen) atoms. The molecule has 0 aliphatic rings. The molecular weight excluding hydrogens is 196 g/mol. The number of methoxy groups -OCH3 is 1. The second-order valence-corrected chi connectivity index (χ2v) is 3.23. The fourth-order valence-electron chi connectivity index (χ4n) is 1.25. The van der Waals surface area contributed by atoms with Gasteiger partial charge in [-0.15, -0.1) is 0 Å². The number of hydrogen-bond donors (Lipinski definition) is 2. The van der Waals surface area contributed by atoms with Crippen molar-refractivity contribution in [3.8, 4) is 0 Å². The lowest BCUT2D eigenvalue weighted by atomic mass is 10.0. The largest absolute Gasteiger partial charge is 0.467 e. The van der Waals surface area contributed by atoms with Crippen LogP contribution >= 0.6 is 0 Å². The maximum absolute atomic E-state index is 10.9. The Bertz CT molecular complexity index is 310. The maximum atomic E-state index is 10.9. The summed E-state index contributed by atoms with van der Waals surface area (Å²) in [6.07, 6.45) is -2.41. The summed E-state index contributed by atoms with van der Waals surface area (Å²) in [7, 11) is 1.17. The molecule has 0 radical (unpaired) electrons. The van der Waals surface area contributed by atoms with Gasteiger partial charge in [-0.05, 0) is 5.56 Å². The second-order valence-electron chi connectivity index (χ2n) is 3.23. The highest BCUT2D eigenvalue weighted by Gasteiger charge is 2.24. The maximum Gasteiger partial charge on any atom is 0.337 e. The van der Waals surface area contributed by atoms with Crippen LogP contribution in [-0.2, 0) is 16.0 Å². The van der Waals surface area contributed by atoms with Crippen molar-refractivity contribution >= 4 is 5.97 Å². The van der Waals surface area contributed by atoms with E-state index in [1.165, 1.54) is 7.11 Å². The van der Waals surface area contributed by atoms with Gasteiger partial charge in [-0.25, -0.2) is 4.79 Å². The molecule has 2 atom stereocenters. The third kappa shape index (κ3) is 3.34. The Morgan fingerprint density at radius 1 is 1.33 bits per heavy atom. The Hall–Kier alpha value is -1.39. The van der Waals surface area contributed by atoms with Gasteiger partial charge in [0.05, 0.1) is 13.2 Å². The molecule has 0 saturated heterocycles. The highest BCUT2D eigenvalue weighted by molar-refractivity contribution is 5.74. The van der Waals surface area contributed by atoms with Crippen molar-refractivity contribution in [2.24, 2.45) is 0 Å². The van der Waals surface area contributed by atoms with Crippen LogP contribution in [0, 0.1) is 0 Å². The first kappa shape index (κ1) is 11.7. The summed E-state index contributed by atoms with van der Waals surface area (Å²) in [5, 5.41) is 18.8. The smallest absolute Gasteiger partial charge is 0.337 e. The quantitative estimate of drug-likeness (QED) is 0.693. The van der Waals surface area contributed by atoms with Crippen LogP contribution in [-0.4, -0.2) is 35.5 Å². The van der Waals surface area contributed by atoms with Gasteiger partial charge in [-0.2, -0.15) is 0 Å². The SMILES string of the molecule is COC(=O)[C@H](O)[C@H](O)Cc1ccccc1. The first-order valence-corrected chi connectivity index (χ1v) is 4.63. The van der Waals surface area contributed by atoms with Crippen molar-refractivity contribution in [1.29, 1.82) is 0 Å². The summed E-state index contributed by atoms with van der Waals surface area (Å²) < 4.78 is 4.32. The van der Waals surface area contributed by atoms with Crippen LogP contribution in [0.2, 0.25) is 0 Å². The topological polar surface area (TPSA) is 66.8 Å². The molecule has 0 amide bonds. The molecule has 4 heteroatoms. The van der Waals surface area contributed by atoms with Crippen LogP contribution in [0.15, 0.2) is 30.3 Å². The predicted octanol–water partition coefficient (Wildman–Crippen LogP) is 0.124. The molecule has 0 aromatic heterocycles. The van der Waals surface area contributed by atoms with Gasteiger partial charge in [-0.1, -0.05) is 30.3 Å². The van der Waals surface area contributed by atoms with E-state index in [4.69, 9.17) is 0 Å². The molecule has 82 valence electrons. The predicted molar refractivity (Wildman–Crippen MR) is 54.2 cm³/mol. The van der Waals surface area contributed by atoms with E-state index < -0.39 is 18.2 Å². The minimum absolute atomic E-state index is 0.219. The van der Waals surface area contributed by atoms with Crippen molar-refractivity contribution in [2.45, 2.75) is 18.6 Å². The average molecular weight is 210 g/mol. The minimum Gasteiger partial charge on any atom is -0.467 e. The van der Waals surface area contributed by atoms with Gasteiger partial charge in [-0.3, -0.25) is 0 Å². The van der Waals surface area contributed by atoms with Crippen molar-refractivity contribution < 1.29 is 19.7 Å². The van der Waals surface area contributed by atoms with E-state index in [9.17, 15) is 15.0 Å². The lowest BCUT2D eigenvalue weighted by molar-refractivity contribution is -0.156. The molecule has 0 saturated carbocycles. The molecule has 0 aliphatic heterocycles.